The molecule has 1 aromatic heterocycles. The van der Waals surface area contributed by atoms with E-state index in [0.717, 1.165) is 23.1 Å². The van der Waals surface area contributed by atoms with E-state index in [1.165, 1.54) is 10.9 Å². The number of aromatic nitrogens is 2. The molecular formula is C19H18N2O. The first-order valence-corrected chi connectivity index (χ1v) is 7.33. The number of rotatable bonds is 4. The van der Waals surface area contributed by atoms with Crippen molar-refractivity contribution >= 4 is 10.8 Å². The van der Waals surface area contributed by atoms with Crippen molar-refractivity contribution in [1.82, 2.24) is 9.97 Å². The zero-order chi connectivity index (χ0) is 15.5. The van der Waals surface area contributed by atoms with Crippen molar-refractivity contribution in [2.24, 2.45) is 5.92 Å². The van der Waals surface area contributed by atoms with Gasteiger partial charge in [0.05, 0.1) is 24.3 Å². The minimum atomic E-state index is -0.540. The first kappa shape index (κ1) is 14.4. The van der Waals surface area contributed by atoms with Gasteiger partial charge in [0.2, 0.25) is 0 Å². The summed E-state index contributed by atoms with van der Waals surface area (Å²) in [4.78, 5) is 6.92. The van der Waals surface area contributed by atoms with Crippen LogP contribution in [0.15, 0.2) is 48.9 Å². The number of benzene rings is 2. The molecule has 0 spiro atoms. The van der Waals surface area contributed by atoms with Gasteiger partial charge in [-0.05, 0) is 40.8 Å². The molecule has 22 heavy (non-hydrogen) atoms. The van der Waals surface area contributed by atoms with Gasteiger partial charge in [-0.15, -0.1) is 6.42 Å². The van der Waals surface area contributed by atoms with Crippen LogP contribution in [0.5, 0.6) is 0 Å². The monoisotopic (exact) mass is 290 g/mol. The second kappa shape index (κ2) is 6.05. The number of H-pyrrole nitrogens is 1. The molecule has 0 aliphatic rings. The number of aliphatic hydroxyl groups is 1. The summed E-state index contributed by atoms with van der Waals surface area (Å²) in [6, 6.07) is 12.4. The maximum absolute atomic E-state index is 10.3. The van der Waals surface area contributed by atoms with Crippen LogP contribution in [0.25, 0.3) is 10.8 Å². The van der Waals surface area contributed by atoms with Crippen LogP contribution in [-0.4, -0.2) is 15.1 Å². The Hall–Kier alpha value is -2.57. The molecule has 0 bridgehead atoms. The average molecular weight is 290 g/mol. The molecule has 0 fully saturated rings. The Morgan fingerprint density at radius 2 is 2.00 bits per heavy atom. The highest BCUT2D eigenvalue weighted by atomic mass is 16.3. The van der Waals surface area contributed by atoms with Crippen molar-refractivity contribution < 1.29 is 5.11 Å². The summed E-state index contributed by atoms with van der Waals surface area (Å²) in [5.74, 6) is 2.75. The third kappa shape index (κ3) is 2.88. The molecule has 0 aliphatic heterocycles. The Morgan fingerprint density at radius 3 is 2.73 bits per heavy atom. The quantitative estimate of drug-likeness (QED) is 0.723. The van der Waals surface area contributed by atoms with E-state index in [1.54, 1.807) is 12.5 Å². The molecule has 0 amide bonds. The van der Waals surface area contributed by atoms with Gasteiger partial charge in [0.15, 0.2) is 0 Å². The predicted molar refractivity (Wildman–Crippen MR) is 88.3 cm³/mol. The molecule has 1 heterocycles. The smallest absolute Gasteiger partial charge is 0.0982 e. The van der Waals surface area contributed by atoms with E-state index in [4.69, 9.17) is 6.42 Å². The molecule has 2 unspecified atom stereocenters. The summed E-state index contributed by atoms with van der Waals surface area (Å²) >= 11 is 0. The van der Waals surface area contributed by atoms with Gasteiger partial charge in [-0.3, -0.25) is 0 Å². The molecule has 3 heteroatoms. The molecule has 2 aromatic carbocycles. The maximum atomic E-state index is 10.3. The molecule has 0 aliphatic carbocycles. The van der Waals surface area contributed by atoms with Crippen molar-refractivity contribution in [3.8, 4) is 12.3 Å². The van der Waals surface area contributed by atoms with E-state index < -0.39 is 6.10 Å². The number of fused-ring (bicyclic) bond motifs is 1. The Labute approximate surface area is 130 Å². The molecule has 3 rings (SSSR count). The third-order valence-electron chi connectivity index (χ3n) is 4.01. The highest BCUT2D eigenvalue weighted by Gasteiger charge is 2.18. The van der Waals surface area contributed by atoms with Gasteiger partial charge in [-0.25, -0.2) is 4.98 Å². The fraction of sp³-hybridized carbons (Fsp3) is 0.211. The predicted octanol–water partition coefficient (Wildman–Crippen LogP) is 3.46. The molecule has 2 atom stereocenters. The van der Waals surface area contributed by atoms with E-state index in [9.17, 15) is 5.11 Å². The number of aromatic amines is 1. The SMILES string of the molecule is C#Cc1ccc2cc(CC(C)C(O)c3cnc[nH]3)ccc2c1. The lowest BCUT2D eigenvalue weighted by Crippen LogP contribution is -2.12. The molecule has 3 aromatic rings. The number of nitrogens with zero attached hydrogens (tertiary/aromatic N) is 1. The Bertz CT molecular complexity index is 815. The van der Waals surface area contributed by atoms with Gasteiger partial charge in [-0.1, -0.05) is 37.1 Å². The topological polar surface area (TPSA) is 48.9 Å². The Balaban J connectivity index is 1.80. The summed E-state index contributed by atoms with van der Waals surface area (Å²) in [7, 11) is 0. The van der Waals surface area contributed by atoms with Gasteiger partial charge >= 0.3 is 0 Å². The van der Waals surface area contributed by atoms with Crippen molar-refractivity contribution in [2.45, 2.75) is 19.4 Å². The molecule has 0 saturated heterocycles. The van der Waals surface area contributed by atoms with Crippen LogP contribution >= 0.6 is 0 Å². The normalized spacial score (nSPS) is 13.7. The lowest BCUT2D eigenvalue weighted by atomic mass is 9.93. The fourth-order valence-electron chi connectivity index (χ4n) is 2.73. The minimum absolute atomic E-state index is 0.0999. The number of nitrogens with one attached hydrogen (secondary N) is 1. The highest BCUT2D eigenvalue weighted by molar-refractivity contribution is 5.84. The standard InChI is InChI=1S/C19H18N2O/c1-3-14-4-6-17-10-15(5-7-16(17)9-14)8-13(2)19(22)18-11-20-12-21-18/h1,4-7,9-13,19,22H,8H2,2H3,(H,20,21). The van der Waals surface area contributed by atoms with E-state index in [0.29, 0.717) is 0 Å². The zero-order valence-corrected chi connectivity index (χ0v) is 12.5. The van der Waals surface area contributed by atoms with Gasteiger partial charge in [0, 0.05) is 5.56 Å². The zero-order valence-electron chi connectivity index (χ0n) is 12.5. The number of hydrogen-bond acceptors (Lipinski definition) is 2. The maximum Gasteiger partial charge on any atom is 0.0982 e. The van der Waals surface area contributed by atoms with Crippen molar-refractivity contribution in [3.63, 3.8) is 0 Å². The van der Waals surface area contributed by atoms with Crippen molar-refractivity contribution in [1.29, 1.82) is 0 Å². The second-order valence-corrected chi connectivity index (χ2v) is 5.67. The minimum Gasteiger partial charge on any atom is -0.387 e. The van der Waals surface area contributed by atoms with Gasteiger partial charge < -0.3 is 10.1 Å². The fourth-order valence-corrected chi connectivity index (χ4v) is 2.73. The van der Waals surface area contributed by atoms with Crippen LogP contribution in [0.3, 0.4) is 0 Å². The summed E-state index contributed by atoms with van der Waals surface area (Å²) in [6.45, 7) is 2.04. The van der Waals surface area contributed by atoms with E-state index in [2.05, 4.69) is 34.1 Å². The highest BCUT2D eigenvalue weighted by Crippen LogP contribution is 2.25. The molecular weight excluding hydrogens is 272 g/mol. The molecule has 2 N–H and O–H groups in total. The van der Waals surface area contributed by atoms with E-state index in [1.807, 2.05) is 25.1 Å². The largest absolute Gasteiger partial charge is 0.387 e. The number of hydrogen-bond donors (Lipinski definition) is 2. The molecule has 0 radical (unpaired) electrons. The Kier molecular flexibility index (Phi) is 3.95. The summed E-state index contributed by atoms with van der Waals surface area (Å²) < 4.78 is 0. The first-order chi connectivity index (χ1) is 10.7. The van der Waals surface area contributed by atoms with Crippen molar-refractivity contribution in [3.05, 3.63) is 65.7 Å². The third-order valence-corrected chi connectivity index (χ3v) is 4.01. The van der Waals surface area contributed by atoms with Gasteiger partial charge in [0.1, 0.15) is 0 Å². The molecule has 3 nitrogen and oxygen atoms in total. The lowest BCUT2D eigenvalue weighted by Gasteiger charge is -2.17. The summed E-state index contributed by atoms with van der Waals surface area (Å²) in [5, 5.41) is 12.6. The number of terminal acetylenes is 1. The van der Waals surface area contributed by atoms with Gasteiger partial charge in [0.25, 0.3) is 0 Å². The lowest BCUT2D eigenvalue weighted by molar-refractivity contribution is 0.114. The number of imidazole rings is 1. The molecule has 110 valence electrons. The number of aliphatic hydroxyl groups excluding tert-OH is 1. The van der Waals surface area contributed by atoms with Crippen LogP contribution in [0, 0.1) is 18.3 Å². The van der Waals surface area contributed by atoms with Crippen LogP contribution in [0.2, 0.25) is 0 Å². The molecule has 0 saturated carbocycles. The Morgan fingerprint density at radius 1 is 1.23 bits per heavy atom. The van der Waals surface area contributed by atoms with Crippen LogP contribution in [0.1, 0.15) is 29.8 Å². The van der Waals surface area contributed by atoms with Gasteiger partial charge in [-0.2, -0.15) is 0 Å². The van der Waals surface area contributed by atoms with Crippen LogP contribution in [-0.2, 0) is 6.42 Å². The van der Waals surface area contributed by atoms with Crippen molar-refractivity contribution in [2.75, 3.05) is 0 Å². The average Bonchev–Trinajstić information content (AvgIpc) is 3.08. The van der Waals surface area contributed by atoms with Crippen LogP contribution < -0.4 is 0 Å². The summed E-state index contributed by atoms with van der Waals surface area (Å²) in [6.07, 6.45) is 8.95. The second-order valence-electron chi connectivity index (χ2n) is 5.67. The van der Waals surface area contributed by atoms with E-state index >= 15 is 0 Å². The first-order valence-electron chi connectivity index (χ1n) is 7.33. The summed E-state index contributed by atoms with van der Waals surface area (Å²) in [5.41, 5.74) is 2.85. The van der Waals surface area contributed by atoms with Crippen LogP contribution in [0.4, 0.5) is 0 Å². The van der Waals surface area contributed by atoms with E-state index in [-0.39, 0.29) is 5.92 Å².